The average molecular weight is 427 g/mol. The fourth-order valence-electron chi connectivity index (χ4n) is 3.68. The van der Waals surface area contributed by atoms with Crippen molar-refractivity contribution in [2.45, 2.75) is 19.9 Å². The molecule has 0 spiro atoms. The third-order valence-electron chi connectivity index (χ3n) is 5.34. The van der Waals surface area contributed by atoms with Crippen molar-refractivity contribution in [1.29, 1.82) is 5.26 Å². The highest BCUT2D eigenvalue weighted by Gasteiger charge is 2.20. The first-order chi connectivity index (χ1) is 15.3. The fourth-order valence-corrected chi connectivity index (χ4v) is 3.68. The summed E-state index contributed by atoms with van der Waals surface area (Å²) in [6.07, 6.45) is 2.53. The molecule has 0 aliphatic rings. The standard InChI is InChI=1S/C23H21N7O2/c1-12-17(10-24)22(29-23(25)27-12)26-13(2)21-16(9-19-18(28-21)6-7-30(19)3)14-4-5-20(32)15(8-14)11-31/h4-9,11,13,32H,1-3H3,(H3,25,26,27,29)/t13-/m0/s1. The van der Waals surface area contributed by atoms with E-state index >= 15 is 0 Å². The molecular formula is C23H21N7O2. The molecule has 0 radical (unpaired) electrons. The Bertz CT molecular complexity index is 1400. The smallest absolute Gasteiger partial charge is 0.222 e. The van der Waals surface area contributed by atoms with Gasteiger partial charge in [-0.1, -0.05) is 6.07 Å². The van der Waals surface area contributed by atoms with Crippen LogP contribution in [0.1, 0.15) is 40.3 Å². The van der Waals surface area contributed by atoms with Crippen molar-refractivity contribution >= 4 is 29.1 Å². The van der Waals surface area contributed by atoms with Gasteiger partial charge in [0.1, 0.15) is 23.2 Å². The summed E-state index contributed by atoms with van der Waals surface area (Å²) < 4.78 is 1.96. The second kappa shape index (κ2) is 8.00. The number of rotatable bonds is 5. The third-order valence-corrected chi connectivity index (χ3v) is 5.34. The highest BCUT2D eigenvalue weighted by Crippen LogP contribution is 2.34. The van der Waals surface area contributed by atoms with Crippen LogP contribution in [0, 0.1) is 18.3 Å². The van der Waals surface area contributed by atoms with Gasteiger partial charge in [0, 0.05) is 18.8 Å². The van der Waals surface area contributed by atoms with E-state index in [1.54, 1.807) is 19.1 Å². The lowest BCUT2D eigenvalue weighted by Gasteiger charge is -2.20. The molecule has 0 bridgehead atoms. The number of fused-ring (bicyclic) bond motifs is 1. The minimum absolute atomic E-state index is 0.0667. The number of nitrogens with two attached hydrogens (primary N) is 1. The lowest BCUT2D eigenvalue weighted by atomic mass is 9.97. The predicted molar refractivity (Wildman–Crippen MR) is 121 cm³/mol. The molecule has 1 atom stereocenters. The number of hydrogen-bond donors (Lipinski definition) is 3. The Morgan fingerprint density at radius 1 is 1.25 bits per heavy atom. The van der Waals surface area contributed by atoms with Gasteiger partial charge < -0.3 is 20.7 Å². The maximum Gasteiger partial charge on any atom is 0.222 e. The molecule has 1 aromatic carbocycles. The van der Waals surface area contributed by atoms with Crippen LogP contribution in [0.25, 0.3) is 22.2 Å². The number of aryl methyl sites for hydroxylation is 2. The molecule has 0 aliphatic heterocycles. The Morgan fingerprint density at radius 3 is 2.75 bits per heavy atom. The summed E-state index contributed by atoms with van der Waals surface area (Å²) in [7, 11) is 1.93. The normalized spacial score (nSPS) is 11.8. The quantitative estimate of drug-likeness (QED) is 0.411. The van der Waals surface area contributed by atoms with Crippen molar-refractivity contribution in [2.75, 3.05) is 11.1 Å². The molecule has 4 N–H and O–H groups in total. The molecule has 3 aromatic heterocycles. The van der Waals surface area contributed by atoms with Gasteiger partial charge in [-0.15, -0.1) is 0 Å². The molecule has 0 saturated carbocycles. The van der Waals surface area contributed by atoms with Crippen molar-refractivity contribution in [3.63, 3.8) is 0 Å². The Morgan fingerprint density at radius 2 is 2.03 bits per heavy atom. The van der Waals surface area contributed by atoms with Gasteiger partial charge in [0.15, 0.2) is 6.29 Å². The lowest BCUT2D eigenvalue weighted by molar-refractivity contribution is 0.112. The summed E-state index contributed by atoms with van der Waals surface area (Å²) in [5.41, 5.74) is 10.7. The number of nitriles is 1. The van der Waals surface area contributed by atoms with Crippen LogP contribution >= 0.6 is 0 Å². The number of nitrogens with zero attached hydrogens (tertiary/aromatic N) is 5. The first-order valence-corrected chi connectivity index (χ1v) is 9.87. The van der Waals surface area contributed by atoms with Crippen LogP contribution in [0.15, 0.2) is 36.5 Å². The molecule has 9 heteroatoms. The van der Waals surface area contributed by atoms with Crippen LogP contribution in [-0.2, 0) is 7.05 Å². The summed E-state index contributed by atoms with van der Waals surface area (Å²) in [5, 5.41) is 22.7. The zero-order valence-corrected chi connectivity index (χ0v) is 17.8. The predicted octanol–water partition coefficient (Wildman–Crippen LogP) is 3.48. The minimum atomic E-state index is -0.371. The van der Waals surface area contributed by atoms with Crippen LogP contribution in [0.3, 0.4) is 0 Å². The molecule has 160 valence electrons. The number of aromatic hydroxyl groups is 1. The highest BCUT2D eigenvalue weighted by molar-refractivity contribution is 5.87. The summed E-state index contributed by atoms with van der Waals surface area (Å²) in [4.78, 5) is 24.5. The van der Waals surface area contributed by atoms with Crippen LogP contribution in [0.2, 0.25) is 0 Å². The van der Waals surface area contributed by atoms with Gasteiger partial charge in [-0.05, 0) is 43.7 Å². The van der Waals surface area contributed by atoms with E-state index in [9.17, 15) is 15.2 Å². The lowest BCUT2D eigenvalue weighted by Crippen LogP contribution is -2.14. The molecule has 3 heterocycles. The third kappa shape index (κ3) is 3.58. The molecule has 0 amide bonds. The first kappa shape index (κ1) is 20.8. The Labute approximate surface area is 184 Å². The highest BCUT2D eigenvalue weighted by atomic mass is 16.3. The maximum absolute atomic E-state index is 11.4. The minimum Gasteiger partial charge on any atom is -0.507 e. The van der Waals surface area contributed by atoms with Gasteiger partial charge >= 0.3 is 0 Å². The molecule has 9 nitrogen and oxygen atoms in total. The number of aromatic nitrogens is 4. The number of anilines is 2. The van der Waals surface area contributed by atoms with Gasteiger partial charge in [-0.25, -0.2) is 9.97 Å². The average Bonchev–Trinajstić information content (AvgIpc) is 3.13. The second-order valence-corrected chi connectivity index (χ2v) is 7.51. The zero-order chi connectivity index (χ0) is 23.0. The van der Waals surface area contributed by atoms with Crippen molar-refractivity contribution in [3.8, 4) is 22.9 Å². The topological polar surface area (TPSA) is 143 Å². The summed E-state index contributed by atoms with van der Waals surface area (Å²) >= 11 is 0. The Balaban J connectivity index is 1.88. The van der Waals surface area contributed by atoms with Crippen molar-refractivity contribution in [1.82, 2.24) is 19.5 Å². The largest absolute Gasteiger partial charge is 0.507 e. The van der Waals surface area contributed by atoms with E-state index in [1.807, 2.05) is 36.9 Å². The van der Waals surface area contributed by atoms with Crippen molar-refractivity contribution in [2.24, 2.45) is 7.05 Å². The monoisotopic (exact) mass is 427 g/mol. The number of carbonyl (C=O) groups is 1. The summed E-state index contributed by atoms with van der Waals surface area (Å²) in [5.74, 6) is 0.303. The summed E-state index contributed by atoms with van der Waals surface area (Å²) in [6, 6.07) is 10.5. The van der Waals surface area contributed by atoms with Gasteiger partial charge in [0.05, 0.1) is 34.0 Å². The molecular weight excluding hydrogens is 406 g/mol. The maximum atomic E-state index is 11.4. The van der Waals surface area contributed by atoms with E-state index in [2.05, 4.69) is 21.4 Å². The first-order valence-electron chi connectivity index (χ1n) is 9.87. The summed E-state index contributed by atoms with van der Waals surface area (Å²) in [6.45, 7) is 3.60. The number of phenolic OH excluding ortho intramolecular Hbond substituents is 1. The SMILES string of the molecule is Cc1nc(N)nc(N[C@@H](C)c2nc3ccn(C)c3cc2-c2ccc(O)c(C=O)c2)c1C#N. The molecule has 0 fully saturated rings. The molecule has 4 rings (SSSR count). The van der Waals surface area contributed by atoms with Crippen LogP contribution in [0.4, 0.5) is 11.8 Å². The molecule has 32 heavy (non-hydrogen) atoms. The number of pyridine rings is 1. The molecule has 0 unspecified atom stereocenters. The van der Waals surface area contributed by atoms with Crippen molar-refractivity contribution in [3.05, 3.63) is 59.0 Å². The second-order valence-electron chi connectivity index (χ2n) is 7.51. The number of nitrogens with one attached hydrogen (secondary N) is 1. The Hall–Kier alpha value is -4.45. The zero-order valence-electron chi connectivity index (χ0n) is 17.8. The van der Waals surface area contributed by atoms with E-state index in [-0.39, 0.29) is 23.3 Å². The van der Waals surface area contributed by atoms with Crippen LogP contribution < -0.4 is 11.1 Å². The van der Waals surface area contributed by atoms with Crippen molar-refractivity contribution < 1.29 is 9.90 Å². The van der Waals surface area contributed by atoms with Gasteiger partial charge in [-0.2, -0.15) is 10.2 Å². The van der Waals surface area contributed by atoms with E-state index in [0.29, 0.717) is 29.1 Å². The number of carbonyl (C=O) groups excluding carboxylic acids is 1. The van der Waals surface area contributed by atoms with Gasteiger partial charge in [0.2, 0.25) is 5.95 Å². The molecule has 0 aliphatic carbocycles. The number of aldehydes is 1. The number of phenols is 1. The van der Waals surface area contributed by atoms with E-state index in [0.717, 1.165) is 22.2 Å². The van der Waals surface area contributed by atoms with E-state index < -0.39 is 0 Å². The molecule has 4 aromatic rings. The number of benzene rings is 1. The van der Waals surface area contributed by atoms with Gasteiger partial charge in [-0.3, -0.25) is 4.79 Å². The molecule has 0 saturated heterocycles. The van der Waals surface area contributed by atoms with Crippen LogP contribution in [-0.4, -0.2) is 30.9 Å². The fraction of sp³-hybridized carbons (Fsp3) is 0.174. The van der Waals surface area contributed by atoms with E-state index in [1.165, 1.54) is 6.07 Å². The van der Waals surface area contributed by atoms with Crippen LogP contribution in [0.5, 0.6) is 5.75 Å². The van der Waals surface area contributed by atoms with E-state index in [4.69, 9.17) is 10.7 Å². The number of hydrogen-bond acceptors (Lipinski definition) is 8. The Kier molecular flexibility index (Phi) is 5.20. The number of nitrogen functional groups attached to an aromatic ring is 1. The van der Waals surface area contributed by atoms with Gasteiger partial charge in [0.25, 0.3) is 0 Å².